The first kappa shape index (κ1) is 15.8. The number of thioether (sulfide) groups is 1. The summed E-state index contributed by atoms with van der Waals surface area (Å²) in [6, 6.07) is 5.90. The number of carboxylic acids is 1. The Balaban J connectivity index is 2.75. The molecule has 0 aliphatic heterocycles. The Hall–Kier alpha value is -1.29. The normalized spacial score (nSPS) is 10.4. The van der Waals surface area contributed by atoms with Crippen molar-refractivity contribution in [3.8, 4) is 0 Å². The van der Waals surface area contributed by atoms with E-state index in [0.29, 0.717) is 12.8 Å². The van der Waals surface area contributed by atoms with E-state index < -0.39 is 5.97 Å². The van der Waals surface area contributed by atoms with E-state index in [-0.39, 0.29) is 12.2 Å². The lowest BCUT2D eigenvalue weighted by Gasteiger charge is -2.09. The quantitative estimate of drug-likeness (QED) is 0.579. The monoisotopic (exact) mass is 280 g/mol. The fourth-order valence-electron chi connectivity index (χ4n) is 1.73. The van der Waals surface area contributed by atoms with E-state index in [2.05, 4.69) is 6.92 Å². The lowest BCUT2D eigenvalue weighted by Crippen LogP contribution is -2.04. The number of Topliss-reactive ketones (excluding diaryl/α,β-unsaturated/α-hetero) is 1. The maximum absolute atomic E-state index is 12.2. The molecule has 0 saturated carbocycles. The van der Waals surface area contributed by atoms with Gasteiger partial charge < -0.3 is 5.11 Å². The van der Waals surface area contributed by atoms with Crippen LogP contribution in [0.2, 0.25) is 0 Å². The summed E-state index contributed by atoms with van der Waals surface area (Å²) < 4.78 is 0. The molecule has 1 rings (SSSR count). The number of carbonyl (C=O) groups excluding carboxylic acids is 1. The molecule has 1 aromatic rings. The van der Waals surface area contributed by atoms with Gasteiger partial charge in [0.25, 0.3) is 0 Å². The zero-order chi connectivity index (χ0) is 14.3. The Morgan fingerprint density at radius 3 is 2.63 bits per heavy atom. The zero-order valence-electron chi connectivity index (χ0n) is 11.4. The van der Waals surface area contributed by atoms with Gasteiger partial charge in [0.15, 0.2) is 5.78 Å². The second-order valence-electron chi connectivity index (χ2n) is 4.52. The number of hydrogen-bond donors (Lipinski definition) is 1. The van der Waals surface area contributed by atoms with Crippen LogP contribution in [0.1, 0.15) is 48.5 Å². The molecule has 0 atom stereocenters. The smallest absolute Gasteiger partial charge is 0.303 e. The van der Waals surface area contributed by atoms with Crippen LogP contribution in [-0.2, 0) is 4.79 Å². The van der Waals surface area contributed by atoms with E-state index in [0.717, 1.165) is 28.2 Å². The largest absolute Gasteiger partial charge is 0.481 e. The summed E-state index contributed by atoms with van der Waals surface area (Å²) in [4.78, 5) is 23.6. The van der Waals surface area contributed by atoms with Crippen molar-refractivity contribution in [3.63, 3.8) is 0 Å². The highest BCUT2D eigenvalue weighted by Crippen LogP contribution is 2.26. The molecule has 3 nitrogen and oxygen atoms in total. The molecule has 0 unspecified atom stereocenters. The summed E-state index contributed by atoms with van der Waals surface area (Å²) in [6.07, 6.45) is 1.82. The van der Waals surface area contributed by atoms with Gasteiger partial charge in [-0.15, -0.1) is 11.8 Å². The molecule has 104 valence electrons. The molecular weight excluding hydrogens is 260 g/mol. The predicted octanol–water partition coefficient (Wildman–Crippen LogP) is 3.93. The van der Waals surface area contributed by atoms with Gasteiger partial charge in [0, 0.05) is 23.3 Å². The predicted molar refractivity (Wildman–Crippen MR) is 78.0 cm³/mol. The first-order valence-corrected chi connectivity index (χ1v) is 7.51. The number of carbonyl (C=O) groups is 2. The van der Waals surface area contributed by atoms with Crippen LogP contribution >= 0.6 is 11.8 Å². The van der Waals surface area contributed by atoms with Crippen LogP contribution in [0.5, 0.6) is 0 Å². The maximum Gasteiger partial charge on any atom is 0.303 e. The first-order valence-electron chi connectivity index (χ1n) is 6.53. The van der Waals surface area contributed by atoms with E-state index >= 15 is 0 Å². The first-order chi connectivity index (χ1) is 9.04. The van der Waals surface area contributed by atoms with E-state index in [9.17, 15) is 9.59 Å². The lowest BCUT2D eigenvalue weighted by atomic mass is 10.0. The average molecular weight is 280 g/mol. The molecule has 1 N–H and O–H groups in total. The van der Waals surface area contributed by atoms with Crippen LogP contribution in [0.3, 0.4) is 0 Å². The Morgan fingerprint density at radius 1 is 1.26 bits per heavy atom. The van der Waals surface area contributed by atoms with Crippen LogP contribution < -0.4 is 0 Å². The molecule has 4 heteroatoms. The van der Waals surface area contributed by atoms with E-state index in [1.54, 1.807) is 11.8 Å². The van der Waals surface area contributed by atoms with Gasteiger partial charge in [-0.25, -0.2) is 0 Å². The number of carboxylic acid groups (broad SMARTS) is 1. The Labute approximate surface area is 118 Å². The van der Waals surface area contributed by atoms with Crippen molar-refractivity contribution >= 4 is 23.5 Å². The lowest BCUT2D eigenvalue weighted by molar-refractivity contribution is -0.137. The highest BCUT2D eigenvalue weighted by Gasteiger charge is 2.12. The van der Waals surface area contributed by atoms with Gasteiger partial charge in [-0.1, -0.05) is 18.6 Å². The third kappa shape index (κ3) is 5.47. The summed E-state index contributed by atoms with van der Waals surface area (Å²) in [6.45, 7) is 4.07. The van der Waals surface area contributed by atoms with E-state index in [4.69, 9.17) is 5.11 Å². The fraction of sp³-hybridized carbons (Fsp3) is 0.467. The standard InChI is InChI=1S/C15H20O3S/c1-3-9-19-14-8-7-11(2)10-12(14)13(16)5-4-6-15(17)18/h7-8,10H,3-6,9H2,1-2H3,(H,17,18). The molecule has 0 heterocycles. The minimum atomic E-state index is -0.849. The topological polar surface area (TPSA) is 54.4 Å². The zero-order valence-corrected chi connectivity index (χ0v) is 12.3. The second-order valence-corrected chi connectivity index (χ2v) is 5.66. The molecule has 0 aliphatic carbocycles. The molecular formula is C15H20O3S. The third-order valence-corrected chi connectivity index (χ3v) is 3.97. The van der Waals surface area contributed by atoms with Crippen LogP contribution in [0.15, 0.2) is 23.1 Å². The van der Waals surface area contributed by atoms with E-state index in [1.807, 2.05) is 25.1 Å². The van der Waals surface area contributed by atoms with Crippen molar-refractivity contribution in [1.29, 1.82) is 0 Å². The summed E-state index contributed by atoms with van der Waals surface area (Å²) in [5, 5.41) is 8.60. The fourth-order valence-corrected chi connectivity index (χ4v) is 2.65. The molecule has 0 radical (unpaired) electrons. The maximum atomic E-state index is 12.2. The summed E-state index contributed by atoms with van der Waals surface area (Å²) in [5.41, 5.74) is 1.80. The molecule has 1 aromatic carbocycles. The van der Waals surface area contributed by atoms with Crippen molar-refractivity contribution in [2.75, 3.05) is 5.75 Å². The van der Waals surface area contributed by atoms with Crippen molar-refractivity contribution in [1.82, 2.24) is 0 Å². The molecule has 0 spiro atoms. The molecule has 0 bridgehead atoms. The summed E-state index contributed by atoms with van der Waals surface area (Å²) >= 11 is 1.69. The number of benzene rings is 1. The molecule has 0 fully saturated rings. The van der Waals surface area contributed by atoms with Gasteiger partial charge in [-0.05, 0) is 37.7 Å². The number of ketones is 1. The van der Waals surface area contributed by atoms with Gasteiger partial charge in [-0.2, -0.15) is 0 Å². The minimum absolute atomic E-state index is 0.0450. The molecule has 0 aromatic heterocycles. The number of rotatable bonds is 8. The van der Waals surface area contributed by atoms with Crippen LogP contribution in [-0.4, -0.2) is 22.6 Å². The summed E-state index contributed by atoms with van der Waals surface area (Å²) in [7, 11) is 0. The van der Waals surface area contributed by atoms with Crippen molar-refractivity contribution in [2.24, 2.45) is 0 Å². The molecule has 0 saturated heterocycles. The highest BCUT2D eigenvalue weighted by atomic mass is 32.2. The Kier molecular flexibility index (Phi) is 6.64. The highest BCUT2D eigenvalue weighted by molar-refractivity contribution is 7.99. The van der Waals surface area contributed by atoms with Crippen molar-refractivity contribution in [3.05, 3.63) is 29.3 Å². The number of aliphatic carboxylic acids is 1. The minimum Gasteiger partial charge on any atom is -0.481 e. The van der Waals surface area contributed by atoms with Gasteiger partial charge in [0.05, 0.1) is 0 Å². The van der Waals surface area contributed by atoms with Gasteiger partial charge >= 0.3 is 5.97 Å². The summed E-state index contributed by atoms with van der Waals surface area (Å²) in [5.74, 6) is 0.180. The Bertz CT molecular complexity index is 455. The SMILES string of the molecule is CCCSc1ccc(C)cc1C(=O)CCCC(=O)O. The second kappa shape index (κ2) is 8.00. The number of aryl methyl sites for hydroxylation is 1. The van der Waals surface area contributed by atoms with Crippen LogP contribution in [0, 0.1) is 6.92 Å². The van der Waals surface area contributed by atoms with Gasteiger partial charge in [-0.3, -0.25) is 9.59 Å². The molecule has 0 aliphatic rings. The average Bonchev–Trinajstić information content (AvgIpc) is 2.36. The van der Waals surface area contributed by atoms with Crippen molar-refractivity contribution < 1.29 is 14.7 Å². The van der Waals surface area contributed by atoms with Crippen LogP contribution in [0.25, 0.3) is 0 Å². The number of hydrogen-bond acceptors (Lipinski definition) is 3. The molecule has 19 heavy (non-hydrogen) atoms. The van der Waals surface area contributed by atoms with Crippen LogP contribution in [0.4, 0.5) is 0 Å². The Morgan fingerprint density at radius 2 is 2.00 bits per heavy atom. The van der Waals surface area contributed by atoms with Crippen molar-refractivity contribution in [2.45, 2.75) is 44.4 Å². The van der Waals surface area contributed by atoms with Gasteiger partial charge in [0.1, 0.15) is 0 Å². The molecule has 0 amide bonds. The van der Waals surface area contributed by atoms with Gasteiger partial charge in [0.2, 0.25) is 0 Å². The third-order valence-electron chi connectivity index (χ3n) is 2.69. The van der Waals surface area contributed by atoms with E-state index in [1.165, 1.54) is 0 Å².